The van der Waals surface area contributed by atoms with Crippen LogP contribution in [0.3, 0.4) is 0 Å². The van der Waals surface area contributed by atoms with Gasteiger partial charge in [0.2, 0.25) is 0 Å². The molecule has 0 radical (unpaired) electrons. The molecule has 10 heteroatoms. The van der Waals surface area contributed by atoms with Crippen molar-refractivity contribution in [2.24, 2.45) is 0 Å². The number of anilines is 4. The van der Waals surface area contributed by atoms with Gasteiger partial charge in [-0.2, -0.15) is 0 Å². The van der Waals surface area contributed by atoms with Gasteiger partial charge in [0.15, 0.2) is 28.3 Å². The van der Waals surface area contributed by atoms with Gasteiger partial charge in [-0.05, 0) is 43.7 Å². The molecular weight excluding hydrogens is 463 g/mol. The minimum atomic E-state index is -0.947. The van der Waals surface area contributed by atoms with Crippen molar-refractivity contribution in [1.29, 1.82) is 0 Å². The van der Waals surface area contributed by atoms with Gasteiger partial charge in [0.25, 0.3) is 0 Å². The van der Waals surface area contributed by atoms with E-state index in [9.17, 15) is 13.2 Å². The summed E-state index contributed by atoms with van der Waals surface area (Å²) in [5.74, 6) is -2.00. The van der Waals surface area contributed by atoms with Crippen LogP contribution in [0.1, 0.15) is 13.8 Å². The first-order valence-electron chi connectivity index (χ1n) is 11.3. The number of ether oxygens (including phenoxy) is 1. The number of piperazine rings is 1. The van der Waals surface area contributed by atoms with E-state index in [1.54, 1.807) is 12.3 Å². The molecule has 0 atom stereocenters. The van der Waals surface area contributed by atoms with Crippen LogP contribution in [0.5, 0.6) is 5.75 Å². The normalized spacial score (nSPS) is 15.9. The third-order valence-electron chi connectivity index (χ3n) is 6.09. The van der Waals surface area contributed by atoms with Gasteiger partial charge < -0.3 is 25.2 Å². The van der Waals surface area contributed by atoms with E-state index in [0.29, 0.717) is 47.5 Å². The Morgan fingerprint density at radius 3 is 2.62 bits per heavy atom. The number of aromatic nitrogens is 1. The second-order valence-electron chi connectivity index (χ2n) is 8.59. The lowest BCUT2D eigenvalue weighted by atomic mass is 10.1. The molecule has 0 aliphatic carbocycles. The highest BCUT2D eigenvalue weighted by molar-refractivity contribution is 7.18. The van der Waals surface area contributed by atoms with Crippen LogP contribution in [0.4, 0.5) is 35.4 Å². The third-order valence-corrected chi connectivity index (χ3v) is 7.05. The summed E-state index contributed by atoms with van der Waals surface area (Å²) in [6.07, 6.45) is 1.60. The summed E-state index contributed by atoms with van der Waals surface area (Å²) in [6.45, 7) is 7.92. The first kappa shape index (κ1) is 22.8. The Bertz CT molecular complexity index is 1200. The van der Waals surface area contributed by atoms with Gasteiger partial charge in [0, 0.05) is 38.4 Å². The zero-order valence-corrected chi connectivity index (χ0v) is 19.8. The molecular formula is C24H26F3N5OS. The Hall–Kier alpha value is -2.98. The zero-order valence-electron chi connectivity index (χ0n) is 19.0. The molecule has 2 aliphatic heterocycles. The molecule has 1 fully saturated rings. The fourth-order valence-electron chi connectivity index (χ4n) is 4.35. The average Bonchev–Trinajstić information content (AvgIpc) is 3.31. The summed E-state index contributed by atoms with van der Waals surface area (Å²) in [4.78, 5) is 8.93. The number of nitrogens with zero attached hydrogens (tertiary/aromatic N) is 3. The quantitative estimate of drug-likeness (QED) is 0.527. The highest BCUT2D eigenvalue weighted by Crippen LogP contribution is 2.41. The molecule has 0 amide bonds. The second-order valence-corrected chi connectivity index (χ2v) is 9.62. The molecule has 0 unspecified atom stereocenters. The molecule has 0 spiro atoms. The molecule has 180 valence electrons. The highest BCUT2D eigenvalue weighted by Gasteiger charge is 2.25. The first-order valence-corrected chi connectivity index (χ1v) is 12.1. The van der Waals surface area contributed by atoms with Crippen molar-refractivity contribution < 1.29 is 17.9 Å². The topological polar surface area (TPSA) is 52.7 Å². The van der Waals surface area contributed by atoms with Crippen molar-refractivity contribution in [3.63, 3.8) is 0 Å². The van der Waals surface area contributed by atoms with Gasteiger partial charge in [-0.1, -0.05) is 11.3 Å². The summed E-state index contributed by atoms with van der Waals surface area (Å²) in [7, 11) is 0. The number of thiazole rings is 1. The Morgan fingerprint density at radius 1 is 1.06 bits per heavy atom. The molecule has 2 aromatic carbocycles. The minimum Gasteiger partial charge on any atom is -0.486 e. The number of hydrogen-bond acceptors (Lipinski definition) is 7. The van der Waals surface area contributed by atoms with Crippen LogP contribution < -0.4 is 25.2 Å². The monoisotopic (exact) mass is 489 g/mol. The largest absolute Gasteiger partial charge is 0.486 e. The standard InChI is InChI=1S/C24H26F3N5OS/c1-14(2)32-9-10-33-23-16(25)11-15(12-19(23)32)20-13-29-24(34-20)30-17-3-4-18(22(27)21(17)26)31-7-5-28-6-8-31/h3-4,11-14,28H,5-10H2,1-2H3,(H,29,30). The number of halogens is 3. The minimum absolute atomic E-state index is 0.00767. The Labute approximate surface area is 200 Å². The smallest absolute Gasteiger partial charge is 0.187 e. The van der Waals surface area contributed by atoms with Crippen LogP contribution in [0.2, 0.25) is 0 Å². The molecule has 6 nitrogen and oxygen atoms in total. The average molecular weight is 490 g/mol. The molecule has 3 heterocycles. The van der Waals surface area contributed by atoms with E-state index < -0.39 is 17.5 Å². The summed E-state index contributed by atoms with van der Waals surface area (Å²) < 4.78 is 50.0. The first-order chi connectivity index (χ1) is 16.4. The van der Waals surface area contributed by atoms with Crippen molar-refractivity contribution in [2.45, 2.75) is 19.9 Å². The van der Waals surface area contributed by atoms with Gasteiger partial charge in [-0.15, -0.1) is 0 Å². The fraction of sp³-hybridized carbons (Fsp3) is 0.375. The van der Waals surface area contributed by atoms with Crippen molar-refractivity contribution in [3.8, 4) is 16.2 Å². The van der Waals surface area contributed by atoms with Gasteiger partial charge in [-0.3, -0.25) is 0 Å². The number of nitrogens with one attached hydrogen (secondary N) is 2. The number of fused-ring (bicyclic) bond motifs is 1. The van der Waals surface area contributed by atoms with E-state index >= 15 is 0 Å². The van der Waals surface area contributed by atoms with E-state index in [-0.39, 0.29) is 23.2 Å². The van der Waals surface area contributed by atoms with E-state index in [4.69, 9.17) is 4.74 Å². The molecule has 34 heavy (non-hydrogen) atoms. The van der Waals surface area contributed by atoms with E-state index in [1.165, 1.54) is 23.5 Å². The van der Waals surface area contributed by atoms with Crippen LogP contribution in [0, 0.1) is 17.5 Å². The molecule has 0 bridgehead atoms. The van der Waals surface area contributed by atoms with Gasteiger partial charge >= 0.3 is 0 Å². The number of benzene rings is 2. The summed E-state index contributed by atoms with van der Waals surface area (Å²) in [5.41, 5.74) is 1.62. The van der Waals surface area contributed by atoms with E-state index in [2.05, 4.69) is 34.4 Å². The maximum absolute atomic E-state index is 14.8. The number of hydrogen-bond donors (Lipinski definition) is 2. The van der Waals surface area contributed by atoms with Gasteiger partial charge in [0.05, 0.1) is 28.5 Å². The second kappa shape index (κ2) is 9.34. The SMILES string of the molecule is CC(C)N1CCOc2c(F)cc(-c3cnc(Nc4ccc(N5CCNCC5)c(F)c4F)s3)cc21. The summed E-state index contributed by atoms with van der Waals surface area (Å²) in [5, 5.41) is 6.45. The van der Waals surface area contributed by atoms with E-state index in [0.717, 1.165) is 13.1 Å². The number of rotatable bonds is 5. The lowest BCUT2D eigenvalue weighted by molar-refractivity contribution is 0.287. The van der Waals surface area contributed by atoms with Crippen molar-refractivity contribution in [1.82, 2.24) is 10.3 Å². The zero-order chi connectivity index (χ0) is 23.8. The highest BCUT2D eigenvalue weighted by atomic mass is 32.1. The van der Waals surface area contributed by atoms with Crippen molar-refractivity contribution in [2.75, 3.05) is 54.4 Å². The molecule has 2 aliphatic rings. The fourth-order valence-corrected chi connectivity index (χ4v) is 5.16. The van der Waals surface area contributed by atoms with E-state index in [1.807, 2.05) is 11.0 Å². The van der Waals surface area contributed by atoms with Crippen LogP contribution >= 0.6 is 11.3 Å². The predicted molar refractivity (Wildman–Crippen MR) is 130 cm³/mol. The lowest BCUT2D eigenvalue weighted by Crippen LogP contribution is -2.44. The van der Waals surface area contributed by atoms with Gasteiger partial charge in [-0.25, -0.2) is 18.2 Å². The predicted octanol–water partition coefficient (Wildman–Crippen LogP) is 4.99. The van der Waals surface area contributed by atoms with Gasteiger partial charge in [0.1, 0.15) is 6.61 Å². The van der Waals surface area contributed by atoms with Crippen LogP contribution in [-0.2, 0) is 0 Å². The maximum atomic E-state index is 14.8. The molecule has 3 aromatic rings. The maximum Gasteiger partial charge on any atom is 0.187 e. The molecule has 2 N–H and O–H groups in total. The van der Waals surface area contributed by atoms with Crippen molar-refractivity contribution >= 4 is 33.5 Å². The molecule has 1 aromatic heterocycles. The van der Waals surface area contributed by atoms with Crippen LogP contribution in [0.15, 0.2) is 30.5 Å². The Balaban J connectivity index is 1.39. The summed E-state index contributed by atoms with van der Waals surface area (Å²) in [6, 6.07) is 6.60. The summed E-state index contributed by atoms with van der Waals surface area (Å²) >= 11 is 1.24. The molecule has 0 saturated carbocycles. The van der Waals surface area contributed by atoms with Crippen LogP contribution in [-0.4, -0.2) is 50.4 Å². The molecule has 5 rings (SSSR count). The lowest BCUT2D eigenvalue weighted by Gasteiger charge is -2.34. The Morgan fingerprint density at radius 2 is 1.85 bits per heavy atom. The Kier molecular flexibility index (Phi) is 6.26. The van der Waals surface area contributed by atoms with Crippen molar-refractivity contribution in [3.05, 3.63) is 47.9 Å². The third kappa shape index (κ3) is 4.27. The molecule has 1 saturated heterocycles. The van der Waals surface area contributed by atoms with Crippen LogP contribution in [0.25, 0.3) is 10.4 Å².